The number of pyridine rings is 3. The predicted molar refractivity (Wildman–Crippen MR) is 129 cm³/mol. The topological polar surface area (TPSA) is 108 Å². The van der Waals surface area contributed by atoms with E-state index in [1.54, 1.807) is 18.7 Å². The second-order valence-electron chi connectivity index (χ2n) is 8.24. The summed E-state index contributed by atoms with van der Waals surface area (Å²) in [7, 11) is 0. The fourth-order valence-electron chi connectivity index (χ4n) is 4.06. The van der Waals surface area contributed by atoms with Gasteiger partial charge in [0.1, 0.15) is 16.9 Å². The average Bonchev–Trinajstić information content (AvgIpc) is 3.57. The maximum atomic E-state index is 5.27. The zero-order chi connectivity index (χ0) is 22.4. The number of aromatic amines is 2. The molecule has 0 fully saturated rings. The number of rotatable bonds is 5. The van der Waals surface area contributed by atoms with Gasteiger partial charge in [-0.25, -0.2) is 9.97 Å². The standard InChI is InChI=1S/C25H21N7O/c1-14(2)28-17-9-16(11-26-12-17)20-3-4-21-23(29-20)24(32-31-21)22-10-19-18(15-6-8-33-13-15)5-7-27-25(19)30-22/h3-14,28H,1-2H3,(H,27,30)(H,31,32). The molecule has 0 aliphatic rings. The van der Waals surface area contributed by atoms with Crippen LogP contribution >= 0.6 is 0 Å². The average molecular weight is 435 g/mol. The molecule has 0 aliphatic carbocycles. The summed E-state index contributed by atoms with van der Waals surface area (Å²) < 4.78 is 5.27. The number of nitrogens with one attached hydrogen (secondary N) is 3. The lowest BCUT2D eigenvalue weighted by atomic mass is 10.1. The van der Waals surface area contributed by atoms with Gasteiger partial charge in [-0.2, -0.15) is 5.10 Å². The molecule has 0 atom stereocenters. The fraction of sp³-hybridized carbons (Fsp3) is 0.120. The summed E-state index contributed by atoms with van der Waals surface area (Å²) in [6.07, 6.45) is 8.83. The van der Waals surface area contributed by atoms with Crippen LogP contribution in [-0.4, -0.2) is 36.2 Å². The van der Waals surface area contributed by atoms with Crippen molar-refractivity contribution in [3.8, 4) is 33.8 Å². The second-order valence-corrected chi connectivity index (χ2v) is 8.24. The zero-order valence-corrected chi connectivity index (χ0v) is 18.1. The molecule has 33 heavy (non-hydrogen) atoms. The molecule has 0 aromatic carbocycles. The molecular formula is C25H21N7O. The van der Waals surface area contributed by atoms with Crippen LogP contribution in [0.25, 0.3) is 55.8 Å². The van der Waals surface area contributed by atoms with Gasteiger partial charge in [0, 0.05) is 41.1 Å². The first-order valence-electron chi connectivity index (χ1n) is 10.7. The lowest BCUT2D eigenvalue weighted by Gasteiger charge is -2.10. The molecular weight excluding hydrogens is 414 g/mol. The Labute approximate surface area is 189 Å². The molecule has 8 heteroatoms. The van der Waals surface area contributed by atoms with Gasteiger partial charge in [0.25, 0.3) is 0 Å². The van der Waals surface area contributed by atoms with Crippen LogP contribution < -0.4 is 5.32 Å². The van der Waals surface area contributed by atoms with Crippen LogP contribution in [0.15, 0.2) is 71.9 Å². The predicted octanol–water partition coefficient (Wildman–Crippen LogP) is 5.64. The van der Waals surface area contributed by atoms with Gasteiger partial charge < -0.3 is 14.7 Å². The van der Waals surface area contributed by atoms with E-state index in [1.807, 2.05) is 36.7 Å². The Bertz CT molecular complexity index is 1580. The maximum Gasteiger partial charge on any atom is 0.138 e. The number of nitrogens with zero attached hydrogens (tertiary/aromatic N) is 4. The summed E-state index contributed by atoms with van der Waals surface area (Å²) in [6.45, 7) is 4.20. The summed E-state index contributed by atoms with van der Waals surface area (Å²) in [5.41, 5.74) is 8.80. The van der Waals surface area contributed by atoms with E-state index in [9.17, 15) is 0 Å². The summed E-state index contributed by atoms with van der Waals surface area (Å²) >= 11 is 0. The minimum Gasteiger partial charge on any atom is -0.472 e. The van der Waals surface area contributed by atoms with Crippen molar-refractivity contribution in [3.05, 3.63) is 67.5 Å². The lowest BCUT2D eigenvalue weighted by molar-refractivity contribution is 0.568. The Balaban J connectivity index is 1.45. The molecule has 6 aromatic heterocycles. The van der Waals surface area contributed by atoms with Gasteiger partial charge in [0.15, 0.2) is 0 Å². The molecule has 0 radical (unpaired) electrons. The van der Waals surface area contributed by atoms with Gasteiger partial charge in [0.05, 0.1) is 35.1 Å². The van der Waals surface area contributed by atoms with Crippen molar-refractivity contribution >= 4 is 27.8 Å². The molecule has 0 spiro atoms. The number of H-pyrrole nitrogens is 2. The number of hydrogen-bond acceptors (Lipinski definition) is 6. The molecule has 162 valence electrons. The van der Waals surface area contributed by atoms with Crippen molar-refractivity contribution < 1.29 is 4.42 Å². The van der Waals surface area contributed by atoms with E-state index in [1.165, 1.54) is 0 Å². The molecule has 6 rings (SSSR count). The number of fused-ring (bicyclic) bond motifs is 2. The molecule has 0 amide bonds. The van der Waals surface area contributed by atoms with Crippen molar-refractivity contribution in [2.45, 2.75) is 19.9 Å². The Morgan fingerprint density at radius 1 is 1.03 bits per heavy atom. The largest absolute Gasteiger partial charge is 0.472 e. The van der Waals surface area contributed by atoms with Crippen molar-refractivity contribution in [2.75, 3.05) is 5.32 Å². The van der Waals surface area contributed by atoms with Crippen LogP contribution in [0.5, 0.6) is 0 Å². The normalized spacial score (nSPS) is 11.6. The summed E-state index contributed by atoms with van der Waals surface area (Å²) in [4.78, 5) is 17.2. The van der Waals surface area contributed by atoms with Crippen LogP contribution in [0.1, 0.15) is 13.8 Å². The van der Waals surface area contributed by atoms with Crippen LogP contribution in [0.4, 0.5) is 5.69 Å². The van der Waals surface area contributed by atoms with Crippen molar-refractivity contribution in [2.24, 2.45) is 0 Å². The molecule has 0 aliphatic heterocycles. The first-order valence-corrected chi connectivity index (χ1v) is 10.7. The van der Waals surface area contributed by atoms with Crippen molar-refractivity contribution in [1.82, 2.24) is 30.1 Å². The molecule has 8 nitrogen and oxygen atoms in total. The van der Waals surface area contributed by atoms with E-state index in [-0.39, 0.29) is 0 Å². The smallest absolute Gasteiger partial charge is 0.138 e. The minimum atomic E-state index is 0.320. The first-order chi connectivity index (χ1) is 16.2. The van der Waals surface area contributed by atoms with Gasteiger partial charge in [-0.1, -0.05) is 0 Å². The third kappa shape index (κ3) is 3.41. The van der Waals surface area contributed by atoms with Gasteiger partial charge in [0.2, 0.25) is 0 Å². The van der Waals surface area contributed by atoms with Crippen LogP contribution in [0.2, 0.25) is 0 Å². The lowest BCUT2D eigenvalue weighted by Crippen LogP contribution is -2.09. The third-order valence-electron chi connectivity index (χ3n) is 5.52. The van der Waals surface area contributed by atoms with Gasteiger partial charge in [-0.05, 0) is 55.8 Å². The van der Waals surface area contributed by atoms with Gasteiger partial charge in [-0.3, -0.25) is 10.1 Å². The Morgan fingerprint density at radius 2 is 1.97 bits per heavy atom. The minimum absolute atomic E-state index is 0.320. The molecule has 0 bridgehead atoms. The quantitative estimate of drug-likeness (QED) is 0.323. The van der Waals surface area contributed by atoms with Crippen molar-refractivity contribution in [3.63, 3.8) is 0 Å². The SMILES string of the molecule is CC(C)Nc1cncc(-c2ccc3[nH]nc(-c4cc5c(-c6ccoc6)ccnc5[nH]4)c3n2)c1. The Kier molecular flexibility index (Phi) is 4.43. The summed E-state index contributed by atoms with van der Waals surface area (Å²) in [5.74, 6) is 0. The Hall–Kier alpha value is -4.46. The molecule has 6 aromatic rings. The van der Waals surface area contributed by atoms with E-state index in [2.05, 4.69) is 56.4 Å². The van der Waals surface area contributed by atoms with E-state index >= 15 is 0 Å². The van der Waals surface area contributed by atoms with E-state index in [0.717, 1.165) is 61.5 Å². The second kappa shape index (κ2) is 7.59. The highest BCUT2D eigenvalue weighted by atomic mass is 16.3. The van der Waals surface area contributed by atoms with Crippen molar-refractivity contribution in [1.29, 1.82) is 0 Å². The highest BCUT2D eigenvalue weighted by Crippen LogP contribution is 2.33. The third-order valence-corrected chi connectivity index (χ3v) is 5.52. The molecule has 0 saturated heterocycles. The number of furan rings is 1. The molecule has 6 heterocycles. The van der Waals surface area contributed by atoms with E-state index in [0.29, 0.717) is 6.04 Å². The first kappa shape index (κ1) is 19.2. The molecule has 3 N–H and O–H groups in total. The van der Waals surface area contributed by atoms with E-state index in [4.69, 9.17) is 9.40 Å². The highest BCUT2D eigenvalue weighted by Gasteiger charge is 2.16. The summed E-state index contributed by atoms with van der Waals surface area (Å²) in [6, 6.07) is 12.3. The Morgan fingerprint density at radius 3 is 2.82 bits per heavy atom. The fourth-order valence-corrected chi connectivity index (χ4v) is 4.06. The molecule has 0 unspecified atom stereocenters. The monoisotopic (exact) mass is 435 g/mol. The van der Waals surface area contributed by atoms with Gasteiger partial charge >= 0.3 is 0 Å². The van der Waals surface area contributed by atoms with Crippen LogP contribution in [0, 0.1) is 0 Å². The number of anilines is 1. The zero-order valence-electron chi connectivity index (χ0n) is 18.1. The number of hydrogen-bond donors (Lipinski definition) is 3. The highest BCUT2D eigenvalue weighted by molar-refractivity contribution is 5.98. The number of aromatic nitrogens is 6. The summed E-state index contributed by atoms with van der Waals surface area (Å²) in [5, 5.41) is 12.0. The molecule has 0 saturated carbocycles. The van der Waals surface area contributed by atoms with Crippen LogP contribution in [-0.2, 0) is 0 Å². The van der Waals surface area contributed by atoms with E-state index < -0.39 is 0 Å². The maximum absolute atomic E-state index is 5.27. The van der Waals surface area contributed by atoms with Gasteiger partial charge in [-0.15, -0.1) is 0 Å². The van der Waals surface area contributed by atoms with Crippen LogP contribution in [0.3, 0.4) is 0 Å².